The van der Waals surface area contributed by atoms with Crippen LogP contribution in [0.25, 0.3) is 0 Å². The number of para-hydroxylation sites is 1. The van der Waals surface area contributed by atoms with Crippen molar-refractivity contribution in [3.8, 4) is 5.75 Å². The predicted molar refractivity (Wildman–Crippen MR) is 110 cm³/mol. The summed E-state index contributed by atoms with van der Waals surface area (Å²) in [4.78, 5) is 43.1. The molecule has 3 aliphatic rings. The molecule has 30 heavy (non-hydrogen) atoms. The summed E-state index contributed by atoms with van der Waals surface area (Å²) in [7, 11) is 3.08. The van der Waals surface area contributed by atoms with E-state index in [1.54, 1.807) is 19.2 Å². The molecule has 1 saturated carbocycles. The van der Waals surface area contributed by atoms with Crippen molar-refractivity contribution < 1.29 is 23.9 Å². The summed E-state index contributed by atoms with van der Waals surface area (Å²) in [5, 5.41) is 0. The first-order valence-electron chi connectivity index (χ1n) is 10.8. The van der Waals surface area contributed by atoms with Gasteiger partial charge in [-0.1, -0.05) is 24.6 Å². The van der Waals surface area contributed by atoms with Gasteiger partial charge in [0.2, 0.25) is 17.7 Å². The number of benzene rings is 1. The van der Waals surface area contributed by atoms with Gasteiger partial charge in [-0.05, 0) is 31.2 Å². The molecule has 0 aromatic heterocycles. The van der Waals surface area contributed by atoms with E-state index in [0.29, 0.717) is 17.2 Å². The normalized spacial score (nSPS) is 28.3. The first-order chi connectivity index (χ1) is 14.5. The second kappa shape index (κ2) is 8.38. The molecule has 7 nitrogen and oxygen atoms in total. The topological polar surface area (TPSA) is 76.2 Å². The molecule has 3 atom stereocenters. The van der Waals surface area contributed by atoms with Gasteiger partial charge in [-0.15, -0.1) is 0 Å². The van der Waals surface area contributed by atoms with Gasteiger partial charge < -0.3 is 14.4 Å². The van der Waals surface area contributed by atoms with Crippen molar-refractivity contribution in [2.75, 3.05) is 33.9 Å². The van der Waals surface area contributed by atoms with E-state index in [1.165, 1.54) is 18.4 Å². The third-order valence-electron chi connectivity index (χ3n) is 6.97. The highest BCUT2D eigenvalue weighted by Gasteiger charge is 2.55. The van der Waals surface area contributed by atoms with E-state index >= 15 is 0 Å². The fourth-order valence-electron chi connectivity index (χ4n) is 5.50. The van der Waals surface area contributed by atoms with Gasteiger partial charge in [-0.3, -0.25) is 19.3 Å². The molecule has 2 aliphatic heterocycles. The molecule has 1 aliphatic carbocycles. The zero-order chi connectivity index (χ0) is 21.3. The highest BCUT2D eigenvalue weighted by Crippen LogP contribution is 2.45. The quantitative estimate of drug-likeness (QED) is 0.639. The van der Waals surface area contributed by atoms with Gasteiger partial charge in [-0.2, -0.15) is 0 Å². The minimum Gasteiger partial charge on any atom is -0.496 e. The average molecular weight is 415 g/mol. The van der Waals surface area contributed by atoms with E-state index in [-0.39, 0.29) is 49.8 Å². The molecule has 2 bridgehead atoms. The number of fused-ring (bicyclic) bond motifs is 2. The van der Waals surface area contributed by atoms with Crippen LogP contribution in [0.3, 0.4) is 0 Å². The summed E-state index contributed by atoms with van der Waals surface area (Å²) in [5.41, 5.74) is -0.619. The number of carbonyl (C=O) groups is 3. The lowest BCUT2D eigenvalue weighted by atomic mass is 9.75. The molecule has 0 spiro atoms. The summed E-state index contributed by atoms with van der Waals surface area (Å²) in [6.07, 6.45) is 4.37. The van der Waals surface area contributed by atoms with E-state index in [4.69, 9.17) is 9.47 Å². The number of carbonyl (C=O) groups excluding carboxylic acids is 3. The van der Waals surface area contributed by atoms with Crippen molar-refractivity contribution in [2.45, 2.75) is 50.0 Å². The molecule has 162 valence electrons. The molecule has 2 heterocycles. The largest absolute Gasteiger partial charge is 0.496 e. The number of amides is 3. The van der Waals surface area contributed by atoms with Crippen LogP contribution in [-0.4, -0.2) is 67.5 Å². The van der Waals surface area contributed by atoms with Gasteiger partial charge in [0.1, 0.15) is 5.75 Å². The number of rotatable bonds is 7. The maximum Gasteiger partial charge on any atom is 0.241 e. The number of likely N-dealkylation sites (tertiary alicyclic amines) is 2. The van der Waals surface area contributed by atoms with Crippen molar-refractivity contribution in [3.63, 3.8) is 0 Å². The van der Waals surface area contributed by atoms with Crippen molar-refractivity contribution in [3.05, 3.63) is 29.8 Å². The van der Waals surface area contributed by atoms with Gasteiger partial charge in [0.05, 0.1) is 25.7 Å². The molecule has 0 radical (unpaired) electrons. The van der Waals surface area contributed by atoms with Crippen molar-refractivity contribution in [1.29, 1.82) is 0 Å². The van der Waals surface area contributed by atoms with Gasteiger partial charge in [0, 0.05) is 38.1 Å². The number of hydrogen-bond acceptors (Lipinski definition) is 5. The van der Waals surface area contributed by atoms with Crippen LogP contribution >= 0.6 is 0 Å². The molecule has 1 aromatic rings. The molecule has 4 rings (SSSR count). The van der Waals surface area contributed by atoms with Crippen molar-refractivity contribution in [1.82, 2.24) is 9.80 Å². The lowest BCUT2D eigenvalue weighted by Gasteiger charge is -2.32. The number of ether oxygens (including phenoxy) is 2. The first kappa shape index (κ1) is 20.8. The fourth-order valence-corrected chi connectivity index (χ4v) is 5.50. The monoisotopic (exact) mass is 414 g/mol. The number of methoxy groups -OCH3 is 2. The van der Waals surface area contributed by atoms with Crippen LogP contribution in [0.5, 0.6) is 5.75 Å². The standard InChI is InChI=1S/C23H30N2O5/c1-29-11-10-24-20(26)13-23(22(24)28,18-8-3-4-9-19(18)30-2)14-21(27)25-15-16-6-5-7-17(25)12-16/h3-4,8-9,16-17H,5-7,10-15H2,1-2H3/t16-,17-,23+/m1/s1. The Morgan fingerprint density at radius 1 is 1.20 bits per heavy atom. The molecular weight excluding hydrogens is 384 g/mol. The average Bonchev–Trinajstić information content (AvgIpc) is 3.18. The van der Waals surface area contributed by atoms with Gasteiger partial charge in [-0.25, -0.2) is 0 Å². The summed E-state index contributed by atoms with van der Waals surface area (Å²) in [6, 6.07) is 7.50. The second-order valence-corrected chi connectivity index (χ2v) is 8.71. The minimum absolute atomic E-state index is 0.00928. The van der Waals surface area contributed by atoms with Crippen LogP contribution in [0.4, 0.5) is 0 Å². The third-order valence-corrected chi connectivity index (χ3v) is 6.97. The molecule has 0 N–H and O–H groups in total. The highest BCUT2D eigenvalue weighted by molar-refractivity contribution is 6.11. The van der Waals surface area contributed by atoms with E-state index in [0.717, 1.165) is 25.8 Å². The van der Waals surface area contributed by atoms with E-state index in [2.05, 4.69) is 0 Å². The molecule has 3 amide bonds. The number of hydrogen-bond donors (Lipinski definition) is 0. The van der Waals surface area contributed by atoms with E-state index < -0.39 is 5.41 Å². The second-order valence-electron chi connectivity index (χ2n) is 8.71. The molecule has 0 unspecified atom stereocenters. The SMILES string of the molecule is COCCN1C(=O)C[C@](CC(=O)N2C[C@@H]3CCC[C@@H]2C3)(c2ccccc2OC)C1=O. The summed E-state index contributed by atoms with van der Waals surface area (Å²) < 4.78 is 10.6. The Kier molecular flexibility index (Phi) is 5.82. The number of nitrogens with zero attached hydrogens (tertiary/aromatic N) is 2. The predicted octanol–water partition coefficient (Wildman–Crippen LogP) is 2.13. The van der Waals surface area contributed by atoms with E-state index in [9.17, 15) is 14.4 Å². The Labute approximate surface area is 177 Å². The van der Waals surface area contributed by atoms with Crippen LogP contribution < -0.4 is 4.74 Å². The molecule has 2 saturated heterocycles. The molecule has 3 fully saturated rings. The van der Waals surface area contributed by atoms with Crippen LogP contribution in [0.1, 0.15) is 44.1 Å². The summed E-state index contributed by atoms with van der Waals surface area (Å²) in [5.74, 6) is 0.458. The van der Waals surface area contributed by atoms with Gasteiger partial charge in [0.15, 0.2) is 0 Å². The molecule has 7 heteroatoms. The summed E-state index contributed by atoms with van der Waals surface area (Å²) in [6.45, 7) is 1.22. The molecule has 1 aromatic carbocycles. The molecular formula is C23H30N2O5. The number of imide groups is 1. The minimum atomic E-state index is -1.23. The maximum atomic E-state index is 13.6. The van der Waals surface area contributed by atoms with E-state index in [1.807, 2.05) is 17.0 Å². The fraction of sp³-hybridized carbons (Fsp3) is 0.609. The Hall–Kier alpha value is -2.41. The van der Waals surface area contributed by atoms with Crippen molar-refractivity contribution in [2.24, 2.45) is 5.92 Å². The maximum absolute atomic E-state index is 13.6. The summed E-state index contributed by atoms with van der Waals surface area (Å²) >= 11 is 0. The smallest absolute Gasteiger partial charge is 0.241 e. The first-order valence-corrected chi connectivity index (χ1v) is 10.8. The zero-order valence-electron chi connectivity index (χ0n) is 17.8. The van der Waals surface area contributed by atoms with Crippen LogP contribution in [0, 0.1) is 5.92 Å². The zero-order valence-corrected chi connectivity index (χ0v) is 17.8. The lowest BCUT2D eigenvalue weighted by Crippen LogP contribution is -2.45. The Morgan fingerprint density at radius 3 is 2.73 bits per heavy atom. The Balaban J connectivity index is 1.69. The van der Waals surface area contributed by atoms with Gasteiger partial charge >= 0.3 is 0 Å². The van der Waals surface area contributed by atoms with Crippen LogP contribution in [0.2, 0.25) is 0 Å². The third kappa shape index (κ3) is 3.49. The Morgan fingerprint density at radius 2 is 2.00 bits per heavy atom. The van der Waals surface area contributed by atoms with Gasteiger partial charge in [0.25, 0.3) is 0 Å². The lowest BCUT2D eigenvalue weighted by molar-refractivity contribution is -0.143. The van der Waals surface area contributed by atoms with Crippen molar-refractivity contribution >= 4 is 17.7 Å². The highest BCUT2D eigenvalue weighted by atomic mass is 16.5. The van der Waals surface area contributed by atoms with Crippen LogP contribution in [-0.2, 0) is 24.5 Å². The van der Waals surface area contributed by atoms with Crippen LogP contribution in [0.15, 0.2) is 24.3 Å². The Bertz CT molecular complexity index is 841.